The maximum atomic E-state index is 12.6. The van der Waals surface area contributed by atoms with Crippen LogP contribution in [0.1, 0.15) is 6.42 Å². The van der Waals surface area contributed by atoms with Crippen molar-refractivity contribution < 1.29 is 22.7 Å². The number of carbonyl (C=O) groups is 2. The second-order valence-corrected chi connectivity index (χ2v) is 9.29. The SMILES string of the molecule is O=C(CN1C(=O)CCOc2ccccc21)Nc1ccc(S(=O)(=O)Nc2ccccc2Cl)cc1. The number of nitrogens with zero attached hydrogens (tertiary/aromatic N) is 1. The normalized spacial score (nSPS) is 13.5. The minimum atomic E-state index is -3.86. The molecule has 2 N–H and O–H groups in total. The van der Waals surface area contributed by atoms with E-state index in [1.807, 2.05) is 0 Å². The summed E-state index contributed by atoms with van der Waals surface area (Å²) < 4.78 is 33.3. The Morgan fingerprint density at radius 3 is 2.45 bits per heavy atom. The molecule has 33 heavy (non-hydrogen) atoms. The lowest BCUT2D eigenvalue weighted by molar-refractivity contribution is -0.121. The van der Waals surface area contributed by atoms with Crippen LogP contribution >= 0.6 is 11.6 Å². The fraction of sp³-hybridized carbons (Fsp3) is 0.130. The summed E-state index contributed by atoms with van der Waals surface area (Å²) in [5.74, 6) is -0.108. The molecule has 3 aromatic carbocycles. The molecule has 0 spiro atoms. The molecular formula is C23H20ClN3O5S. The van der Waals surface area contributed by atoms with Crippen LogP contribution in [0.5, 0.6) is 5.75 Å². The van der Waals surface area contributed by atoms with Gasteiger partial charge in [0.2, 0.25) is 11.8 Å². The summed E-state index contributed by atoms with van der Waals surface area (Å²) in [7, 11) is -3.86. The van der Waals surface area contributed by atoms with Crippen molar-refractivity contribution in [3.05, 3.63) is 77.8 Å². The first kappa shape index (κ1) is 22.6. The Morgan fingerprint density at radius 1 is 1.00 bits per heavy atom. The molecular weight excluding hydrogens is 466 g/mol. The average Bonchev–Trinajstić information content (AvgIpc) is 2.94. The molecule has 8 nitrogen and oxygen atoms in total. The molecule has 0 fully saturated rings. The molecule has 10 heteroatoms. The first-order valence-electron chi connectivity index (χ1n) is 10.0. The van der Waals surface area contributed by atoms with E-state index in [9.17, 15) is 18.0 Å². The van der Waals surface area contributed by atoms with Crippen LogP contribution in [0.2, 0.25) is 5.02 Å². The number of halogens is 1. The molecule has 2 amide bonds. The van der Waals surface area contributed by atoms with Crippen molar-refractivity contribution in [2.75, 3.05) is 28.1 Å². The largest absolute Gasteiger partial charge is 0.491 e. The molecule has 3 aromatic rings. The number of carbonyl (C=O) groups excluding carboxylic acids is 2. The molecule has 1 aliphatic rings. The molecule has 4 rings (SSSR count). The van der Waals surface area contributed by atoms with E-state index in [0.29, 0.717) is 17.1 Å². The number of ether oxygens (including phenoxy) is 1. The van der Waals surface area contributed by atoms with Crippen molar-refractivity contribution in [2.24, 2.45) is 0 Å². The van der Waals surface area contributed by atoms with Gasteiger partial charge in [0.15, 0.2) is 0 Å². The third kappa shape index (κ3) is 5.27. The van der Waals surface area contributed by atoms with Gasteiger partial charge in [-0.2, -0.15) is 0 Å². The lowest BCUT2D eigenvalue weighted by Crippen LogP contribution is -2.37. The van der Waals surface area contributed by atoms with E-state index in [1.165, 1.54) is 29.2 Å². The Hall–Kier alpha value is -3.56. The molecule has 0 aliphatic carbocycles. The monoisotopic (exact) mass is 485 g/mol. The van der Waals surface area contributed by atoms with E-state index in [0.717, 1.165) is 0 Å². The van der Waals surface area contributed by atoms with Crippen LogP contribution in [0, 0.1) is 0 Å². The highest BCUT2D eigenvalue weighted by Crippen LogP contribution is 2.31. The molecule has 170 valence electrons. The van der Waals surface area contributed by atoms with E-state index >= 15 is 0 Å². The third-order valence-electron chi connectivity index (χ3n) is 4.90. The van der Waals surface area contributed by atoms with E-state index < -0.39 is 15.9 Å². The van der Waals surface area contributed by atoms with Gasteiger partial charge in [0, 0.05) is 5.69 Å². The Morgan fingerprint density at radius 2 is 1.70 bits per heavy atom. The van der Waals surface area contributed by atoms with E-state index in [2.05, 4.69) is 10.0 Å². The van der Waals surface area contributed by atoms with Crippen LogP contribution in [0.3, 0.4) is 0 Å². The summed E-state index contributed by atoms with van der Waals surface area (Å²) >= 11 is 6.02. The Kier molecular flexibility index (Phi) is 6.52. The summed E-state index contributed by atoms with van der Waals surface area (Å²) in [6.45, 7) is 0.0411. The number of sulfonamides is 1. The van der Waals surface area contributed by atoms with Crippen LogP contribution in [-0.2, 0) is 19.6 Å². The lowest BCUT2D eigenvalue weighted by atomic mass is 10.2. The zero-order valence-electron chi connectivity index (χ0n) is 17.3. The zero-order valence-corrected chi connectivity index (χ0v) is 18.9. The van der Waals surface area contributed by atoms with Gasteiger partial charge in [0.05, 0.1) is 34.3 Å². The van der Waals surface area contributed by atoms with Gasteiger partial charge in [0.25, 0.3) is 10.0 Å². The van der Waals surface area contributed by atoms with Crippen molar-refractivity contribution in [3.63, 3.8) is 0 Å². The molecule has 0 saturated heterocycles. The summed E-state index contributed by atoms with van der Waals surface area (Å²) in [5.41, 5.74) is 1.19. The standard InChI is InChI=1S/C23H20ClN3O5S/c24-18-5-1-2-6-19(18)26-33(30,31)17-11-9-16(10-12-17)25-22(28)15-27-20-7-3-4-8-21(20)32-14-13-23(27)29/h1-12,26H,13-15H2,(H,25,28). The fourth-order valence-electron chi connectivity index (χ4n) is 3.30. The van der Waals surface area contributed by atoms with Gasteiger partial charge in [-0.05, 0) is 48.5 Å². The van der Waals surface area contributed by atoms with Crippen molar-refractivity contribution >= 4 is 50.5 Å². The second-order valence-electron chi connectivity index (χ2n) is 7.20. The molecule has 0 atom stereocenters. The fourth-order valence-corrected chi connectivity index (χ4v) is 4.62. The van der Waals surface area contributed by atoms with Gasteiger partial charge < -0.3 is 10.1 Å². The molecule has 0 unspecified atom stereocenters. The summed E-state index contributed by atoms with van der Waals surface area (Å²) in [5, 5.41) is 2.97. The predicted octanol–water partition coefficient (Wildman–Crippen LogP) is 3.90. The topological polar surface area (TPSA) is 105 Å². The highest BCUT2D eigenvalue weighted by atomic mass is 35.5. The van der Waals surface area contributed by atoms with Gasteiger partial charge >= 0.3 is 0 Å². The molecule has 0 bridgehead atoms. The summed E-state index contributed by atoms with van der Waals surface area (Å²) in [4.78, 5) is 26.5. The van der Waals surface area contributed by atoms with Crippen LogP contribution < -0.4 is 19.7 Å². The number of hydrogen-bond donors (Lipinski definition) is 2. The second kappa shape index (κ2) is 9.51. The van der Waals surface area contributed by atoms with Crippen LogP contribution in [0.4, 0.5) is 17.1 Å². The summed E-state index contributed by atoms with van der Waals surface area (Å²) in [6, 6.07) is 19.2. The van der Waals surface area contributed by atoms with Gasteiger partial charge in [-0.1, -0.05) is 35.9 Å². The number of rotatable bonds is 6. The number of amides is 2. The summed E-state index contributed by atoms with van der Waals surface area (Å²) in [6.07, 6.45) is 0.160. The van der Waals surface area contributed by atoms with E-state index in [4.69, 9.17) is 16.3 Å². The van der Waals surface area contributed by atoms with Crippen molar-refractivity contribution in [2.45, 2.75) is 11.3 Å². The maximum absolute atomic E-state index is 12.6. The zero-order chi connectivity index (χ0) is 23.4. The Bertz CT molecular complexity index is 1300. The van der Waals surface area contributed by atoms with Gasteiger partial charge in [-0.3, -0.25) is 19.2 Å². The minimum absolute atomic E-state index is 0.00851. The average molecular weight is 486 g/mol. The van der Waals surface area contributed by atoms with Gasteiger partial charge in [-0.25, -0.2) is 8.42 Å². The molecule has 0 radical (unpaired) electrons. The number of para-hydroxylation sites is 3. The van der Waals surface area contributed by atoms with Crippen molar-refractivity contribution in [3.8, 4) is 5.75 Å². The first-order valence-corrected chi connectivity index (χ1v) is 11.9. The Labute approximate surface area is 196 Å². The quantitative estimate of drug-likeness (QED) is 0.551. The lowest BCUT2D eigenvalue weighted by Gasteiger charge is -2.21. The Balaban J connectivity index is 1.44. The molecule has 0 aromatic heterocycles. The number of hydrogen-bond acceptors (Lipinski definition) is 5. The smallest absolute Gasteiger partial charge is 0.261 e. The van der Waals surface area contributed by atoms with Gasteiger partial charge in [0.1, 0.15) is 12.3 Å². The maximum Gasteiger partial charge on any atom is 0.261 e. The number of benzene rings is 3. The number of fused-ring (bicyclic) bond motifs is 1. The minimum Gasteiger partial charge on any atom is -0.491 e. The van der Waals surface area contributed by atoms with Crippen molar-refractivity contribution in [1.29, 1.82) is 0 Å². The highest BCUT2D eigenvalue weighted by molar-refractivity contribution is 7.92. The molecule has 0 saturated carbocycles. The van der Waals surface area contributed by atoms with Crippen LogP contribution in [0.15, 0.2) is 77.7 Å². The predicted molar refractivity (Wildman–Crippen MR) is 126 cm³/mol. The van der Waals surface area contributed by atoms with E-state index in [-0.39, 0.29) is 41.1 Å². The van der Waals surface area contributed by atoms with E-state index in [1.54, 1.807) is 48.5 Å². The van der Waals surface area contributed by atoms with Crippen molar-refractivity contribution in [1.82, 2.24) is 0 Å². The van der Waals surface area contributed by atoms with Crippen LogP contribution in [0.25, 0.3) is 0 Å². The number of anilines is 3. The highest BCUT2D eigenvalue weighted by Gasteiger charge is 2.25. The van der Waals surface area contributed by atoms with Crippen LogP contribution in [-0.4, -0.2) is 33.4 Å². The molecule has 1 heterocycles. The van der Waals surface area contributed by atoms with Gasteiger partial charge in [-0.15, -0.1) is 0 Å². The third-order valence-corrected chi connectivity index (χ3v) is 6.61. The first-order chi connectivity index (χ1) is 15.8. The molecule has 1 aliphatic heterocycles. The number of nitrogens with one attached hydrogen (secondary N) is 2.